The maximum atomic E-state index is 13.3. The first-order valence-corrected chi connectivity index (χ1v) is 15.3. The number of unbranched alkanes of at least 4 members (excludes halogenated alkanes) is 4. The first-order chi connectivity index (χ1) is 17.6. The molecule has 2 aliphatic rings. The van der Waals surface area contributed by atoms with E-state index in [1.807, 2.05) is 12.1 Å². The number of nitrogens with zero attached hydrogens (tertiary/aromatic N) is 3. The Kier molecular flexibility index (Phi) is 12.9. The highest BCUT2D eigenvalue weighted by molar-refractivity contribution is 7.89. The van der Waals surface area contributed by atoms with Crippen LogP contribution in [0.5, 0.6) is 0 Å². The average Bonchev–Trinajstić information content (AvgIpc) is 3.45. The lowest BCUT2D eigenvalue weighted by molar-refractivity contribution is 0.0369. The van der Waals surface area contributed by atoms with E-state index in [2.05, 4.69) is 20.5 Å². The van der Waals surface area contributed by atoms with E-state index >= 15 is 0 Å². The molecule has 1 saturated carbocycles. The van der Waals surface area contributed by atoms with Gasteiger partial charge in [-0.15, -0.1) is 0 Å². The lowest BCUT2D eigenvalue weighted by Crippen LogP contribution is -2.41. The molecule has 9 nitrogen and oxygen atoms in total. The Morgan fingerprint density at radius 3 is 2.50 bits per heavy atom. The van der Waals surface area contributed by atoms with Gasteiger partial charge < -0.3 is 15.4 Å². The number of rotatable bonds is 16. The van der Waals surface area contributed by atoms with Crippen molar-refractivity contribution in [2.24, 2.45) is 0 Å². The number of hydrogen-bond donors (Lipinski definition) is 2. The average molecular weight is 524 g/mol. The van der Waals surface area contributed by atoms with Crippen molar-refractivity contribution in [2.75, 3.05) is 52.5 Å². The van der Waals surface area contributed by atoms with Crippen LogP contribution in [-0.2, 0) is 21.3 Å². The van der Waals surface area contributed by atoms with E-state index in [-0.39, 0.29) is 11.3 Å². The van der Waals surface area contributed by atoms with Gasteiger partial charge in [0.1, 0.15) is 0 Å². The standard InChI is InChI=1S/C26H45N5O4S/c32-26(29-23-24-10-8-13-27-22-24)28-14-6-2-1-3-7-16-31(36(33,34)25-11-4-5-12-25)17-9-15-30-18-20-35-21-19-30/h8,10,13,22,25H,1-7,9,11-12,14-21,23H2,(H2,28,29,32). The van der Waals surface area contributed by atoms with Gasteiger partial charge in [0.15, 0.2) is 0 Å². The number of morpholine rings is 1. The SMILES string of the molecule is O=C(NCCCCCCCN(CCCN1CCOCC1)S(=O)(=O)C1CCCC1)NCc1cccnc1. The molecular weight excluding hydrogens is 478 g/mol. The predicted octanol–water partition coefficient (Wildman–Crippen LogP) is 3.13. The fraction of sp³-hybridized carbons (Fsp3) is 0.769. The third-order valence-electron chi connectivity index (χ3n) is 7.11. The van der Waals surface area contributed by atoms with Crippen molar-refractivity contribution in [3.8, 4) is 0 Å². The molecule has 3 rings (SSSR count). The highest BCUT2D eigenvalue weighted by Gasteiger charge is 2.33. The highest BCUT2D eigenvalue weighted by Crippen LogP contribution is 2.27. The van der Waals surface area contributed by atoms with Crippen LogP contribution >= 0.6 is 0 Å². The molecule has 0 atom stereocenters. The number of urea groups is 1. The second-order valence-electron chi connectivity index (χ2n) is 9.90. The lowest BCUT2D eigenvalue weighted by Gasteiger charge is -2.29. The Balaban J connectivity index is 1.28. The lowest BCUT2D eigenvalue weighted by atomic mass is 10.1. The number of aromatic nitrogens is 1. The Bertz CT molecular complexity index is 843. The van der Waals surface area contributed by atoms with Crippen LogP contribution in [0.15, 0.2) is 24.5 Å². The molecule has 1 aromatic rings. The summed E-state index contributed by atoms with van der Waals surface area (Å²) < 4.78 is 33.7. The molecule has 1 aliphatic heterocycles. The molecule has 36 heavy (non-hydrogen) atoms. The predicted molar refractivity (Wildman–Crippen MR) is 142 cm³/mol. The van der Waals surface area contributed by atoms with Gasteiger partial charge in [-0.25, -0.2) is 17.5 Å². The normalized spacial score (nSPS) is 17.5. The van der Waals surface area contributed by atoms with Crippen molar-refractivity contribution in [3.63, 3.8) is 0 Å². The first kappa shape index (κ1) is 28.8. The number of hydrogen-bond acceptors (Lipinski definition) is 6. The molecule has 0 radical (unpaired) electrons. The Labute approximate surface area is 217 Å². The third kappa shape index (κ3) is 10.3. The van der Waals surface area contributed by atoms with Crippen LogP contribution in [-0.4, -0.2) is 86.4 Å². The number of nitrogens with one attached hydrogen (secondary N) is 2. The Morgan fingerprint density at radius 1 is 1.03 bits per heavy atom. The number of ether oxygens (including phenoxy) is 1. The minimum Gasteiger partial charge on any atom is -0.379 e. The molecule has 2 fully saturated rings. The molecule has 1 saturated heterocycles. The Morgan fingerprint density at radius 2 is 1.75 bits per heavy atom. The quantitative estimate of drug-likeness (QED) is 0.323. The smallest absolute Gasteiger partial charge is 0.315 e. The summed E-state index contributed by atoms with van der Waals surface area (Å²) >= 11 is 0. The highest BCUT2D eigenvalue weighted by atomic mass is 32.2. The molecule has 1 aromatic heterocycles. The van der Waals surface area contributed by atoms with Gasteiger partial charge in [-0.3, -0.25) is 9.88 Å². The molecule has 2 N–H and O–H groups in total. The summed E-state index contributed by atoms with van der Waals surface area (Å²) in [5.41, 5.74) is 0.970. The van der Waals surface area contributed by atoms with Crippen molar-refractivity contribution in [1.82, 2.24) is 24.8 Å². The molecule has 0 aromatic carbocycles. The van der Waals surface area contributed by atoms with E-state index in [0.29, 0.717) is 26.2 Å². The number of sulfonamides is 1. The van der Waals surface area contributed by atoms with Gasteiger partial charge in [-0.2, -0.15) is 0 Å². The summed E-state index contributed by atoms with van der Waals surface area (Å²) in [5, 5.41) is 5.55. The number of pyridine rings is 1. The molecule has 204 valence electrons. The minimum absolute atomic E-state index is 0.163. The van der Waals surface area contributed by atoms with Gasteiger partial charge in [0, 0.05) is 51.7 Å². The maximum Gasteiger partial charge on any atom is 0.315 e. The van der Waals surface area contributed by atoms with Crippen LogP contribution in [0.1, 0.15) is 69.8 Å². The van der Waals surface area contributed by atoms with Crippen molar-refractivity contribution in [2.45, 2.75) is 76.0 Å². The van der Waals surface area contributed by atoms with E-state index in [1.54, 1.807) is 16.7 Å². The van der Waals surface area contributed by atoms with E-state index in [9.17, 15) is 13.2 Å². The van der Waals surface area contributed by atoms with Crippen LogP contribution in [0.4, 0.5) is 4.79 Å². The maximum absolute atomic E-state index is 13.3. The van der Waals surface area contributed by atoms with Crippen molar-refractivity contribution >= 4 is 16.1 Å². The molecular formula is C26H45N5O4S. The zero-order valence-corrected chi connectivity index (χ0v) is 22.5. The van der Waals surface area contributed by atoms with Gasteiger partial charge in [-0.05, 0) is 50.3 Å². The van der Waals surface area contributed by atoms with E-state index in [1.165, 1.54) is 0 Å². The first-order valence-electron chi connectivity index (χ1n) is 13.8. The molecule has 0 bridgehead atoms. The molecule has 0 spiro atoms. The molecule has 10 heteroatoms. The van der Waals surface area contributed by atoms with Crippen molar-refractivity contribution in [3.05, 3.63) is 30.1 Å². The van der Waals surface area contributed by atoms with Gasteiger partial charge >= 0.3 is 6.03 Å². The van der Waals surface area contributed by atoms with Gasteiger partial charge in [0.05, 0.1) is 18.5 Å². The van der Waals surface area contributed by atoms with Crippen LogP contribution < -0.4 is 10.6 Å². The van der Waals surface area contributed by atoms with E-state index in [4.69, 9.17) is 4.74 Å². The monoisotopic (exact) mass is 523 g/mol. The Hall–Kier alpha value is -1.75. The van der Waals surface area contributed by atoms with Crippen molar-refractivity contribution < 1.29 is 17.9 Å². The molecule has 2 amide bonds. The summed E-state index contributed by atoms with van der Waals surface area (Å²) in [6, 6.07) is 3.62. The van der Waals surface area contributed by atoms with Crippen LogP contribution in [0.25, 0.3) is 0 Å². The van der Waals surface area contributed by atoms with Gasteiger partial charge in [0.2, 0.25) is 10.0 Å². The number of amides is 2. The summed E-state index contributed by atoms with van der Waals surface area (Å²) in [6.07, 6.45) is 12.9. The fourth-order valence-corrected chi connectivity index (χ4v) is 7.07. The second kappa shape index (κ2) is 16.2. The van der Waals surface area contributed by atoms with Crippen LogP contribution in [0.3, 0.4) is 0 Å². The minimum atomic E-state index is -3.21. The molecule has 1 aliphatic carbocycles. The summed E-state index contributed by atoms with van der Waals surface area (Å²) in [4.78, 5) is 18.3. The van der Waals surface area contributed by atoms with E-state index < -0.39 is 10.0 Å². The largest absolute Gasteiger partial charge is 0.379 e. The van der Waals surface area contributed by atoms with Gasteiger partial charge in [-0.1, -0.05) is 38.2 Å². The number of carbonyl (C=O) groups excluding carboxylic acids is 1. The summed E-state index contributed by atoms with van der Waals surface area (Å²) in [7, 11) is -3.21. The third-order valence-corrected chi connectivity index (χ3v) is 9.51. The number of carbonyl (C=O) groups is 1. The van der Waals surface area contributed by atoms with Crippen molar-refractivity contribution in [1.29, 1.82) is 0 Å². The van der Waals surface area contributed by atoms with E-state index in [0.717, 1.165) is 103 Å². The topological polar surface area (TPSA) is 104 Å². The zero-order valence-electron chi connectivity index (χ0n) is 21.7. The second-order valence-corrected chi connectivity index (χ2v) is 12.1. The van der Waals surface area contributed by atoms with Gasteiger partial charge in [0.25, 0.3) is 0 Å². The van der Waals surface area contributed by atoms with Crippen LogP contribution in [0, 0.1) is 0 Å². The fourth-order valence-electron chi connectivity index (χ4n) is 4.95. The molecule has 0 unspecified atom stereocenters. The summed E-state index contributed by atoms with van der Waals surface area (Å²) in [5.74, 6) is 0. The zero-order chi connectivity index (χ0) is 25.5. The molecule has 2 heterocycles. The van der Waals surface area contributed by atoms with Crippen LogP contribution in [0.2, 0.25) is 0 Å². The summed E-state index contributed by atoms with van der Waals surface area (Å²) in [6.45, 7) is 6.71.